The molecule has 5 nitrogen and oxygen atoms in total. The number of carbonyl (C=O) groups is 2. The van der Waals surface area contributed by atoms with Crippen molar-refractivity contribution in [2.45, 2.75) is 6.42 Å². The summed E-state index contributed by atoms with van der Waals surface area (Å²) in [5, 5.41) is 2.62. The van der Waals surface area contributed by atoms with Gasteiger partial charge >= 0.3 is 5.97 Å². The Bertz CT molecular complexity index is 724. The van der Waals surface area contributed by atoms with Crippen LogP contribution in [-0.4, -0.2) is 25.0 Å². The van der Waals surface area contributed by atoms with Crippen molar-refractivity contribution in [2.75, 3.05) is 13.2 Å². The molecule has 0 fully saturated rings. The highest BCUT2D eigenvalue weighted by Gasteiger charge is 2.05. The first-order chi connectivity index (χ1) is 11.5. The molecule has 0 radical (unpaired) electrons. The molecule has 0 aliphatic rings. The average molecular weight is 396 g/mol. The molecule has 0 aliphatic heterocycles. The number of hydrogen-bond donors (Lipinski definition) is 1. The van der Waals surface area contributed by atoms with Crippen molar-refractivity contribution >= 4 is 33.9 Å². The van der Waals surface area contributed by atoms with Crippen molar-refractivity contribution in [3.05, 3.63) is 64.3 Å². The first kappa shape index (κ1) is 17.9. The van der Waals surface area contributed by atoms with Gasteiger partial charge in [0.1, 0.15) is 11.6 Å². The number of carbonyl (C=O) groups excluding carboxylic acids is 2. The summed E-state index contributed by atoms with van der Waals surface area (Å²) in [6, 6.07) is 9.40. The van der Waals surface area contributed by atoms with Crippen LogP contribution in [0.25, 0.3) is 6.08 Å². The maximum Gasteiger partial charge on any atom is 0.331 e. The number of halogens is 2. The lowest BCUT2D eigenvalue weighted by atomic mass is 10.1. The van der Waals surface area contributed by atoms with Crippen LogP contribution < -0.4 is 5.32 Å². The first-order valence-electron chi connectivity index (χ1n) is 7.14. The molecule has 0 bridgehead atoms. The molecule has 1 aromatic carbocycles. The third-order valence-corrected chi connectivity index (χ3v) is 3.40. The van der Waals surface area contributed by atoms with Crippen molar-refractivity contribution in [1.29, 1.82) is 0 Å². The molecule has 2 aromatic rings. The summed E-state index contributed by atoms with van der Waals surface area (Å²) in [4.78, 5) is 23.0. The normalized spacial score (nSPS) is 10.8. The predicted molar refractivity (Wildman–Crippen MR) is 89.5 cm³/mol. The van der Waals surface area contributed by atoms with Gasteiger partial charge in [-0.2, -0.15) is 0 Å². The Morgan fingerprint density at radius 3 is 2.62 bits per heavy atom. The van der Waals surface area contributed by atoms with E-state index < -0.39 is 11.9 Å². The Balaban J connectivity index is 1.64. The Morgan fingerprint density at radius 1 is 1.21 bits per heavy atom. The smallest absolute Gasteiger partial charge is 0.331 e. The highest BCUT2D eigenvalue weighted by atomic mass is 79.9. The van der Waals surface area contributed by atoms with Crippen LogP contribution in [0.15, 0.2) is 51.6 Å². The molecule has 1 aromatic heterocycles. The molecular formula is C17H15BrFNO4. The Hall–Kier alpha value is -2.41. The second-order valence-corrected chi connectivity index (χ2v) is 5.59. The van der Waals surface area contributed by atoms with Gasteiger partial charge in [0.2, 0.25) is 0 Å². The standard InChI is InChI=1S/C17H15BrFNO4/c18-15-7-5-14(24-15)6-8-17(22)23-11-16(21)20-10-9-12-1-3-13(19)4-2-12/h1-8H,9-11H2,(H,20,21)/b8-6+. The van der Waals surface area contributed by atoms with E-state index in [-0.39, 0.29) is 12.4 Å². The lowest BCUT2D eigenvalue weighted by molar-refractivity contribution is -0.143. The van der Waals surface area contributed by atoms with Crippen molar-refractivity contribution in [1.82, 2.24) is 5.32 Å². The summed E-state index contributed by atoms with van der Waals surface area (Å²) in [5.41, 5.74) is 0.904. The minimum absolute atomic E-state index is 0.301. The summed E-state index contributed by atoms with van der Waals surface area (Å²) in [6.45, 7) is 0.00666. The second kappa shape index (κ2) is 9.02. The lowest BCUT2D eigenvalue weighted by Gasteiger charge is -2.05. The largest absolute Gasteiger partial charge is 0.452 e. The highest BCUT2D eigenvalue weighted by Crippen LogP contribution is 2.14. The van der Waals surface area contributed by atoms with Gasteiger partial charge in [0.25, 0.3) is 5.91 Å². The van der Waals surface area contributed by atoms with Gasteiger partial charge < -0.3 is 14.5 Å². The third kappa shape index (κ3) is 6.37. The van der Waals surface area contributed by atoms with Gasteiger partial charge in [0.05, 0.1) is 0 Å². The molecule has 0 unspecified atom stereocenters. The van der Waals surface area contributed by atoms with E-state index >= 15 is 0 Å². The van der Waals surface area contributed by atoms with Gasteiger partial charge in [0.15, 0.2) is 11.3 Å². The van der Waals surface area contributed by atoms with Crippen molar-refractivity contribution < 1.29 is 23.1 Å². The van der Waals surface area contributed by atoms with Gasteiger partial charge in [-0.15, -0.1) is 0 Å². The quantitative estimate of drug-likeness (QED) is 0.577. The zero-order valence-corrected chi connectivity index (χ0v) is 14.2. The number of ether oxygens (including phenoxy) is 1. The zero-order valence-electron chi connectivity index (χ0n) is 12.6. The van der Waals surface area contributed by atoms with E-state index in [9.17, 15) is 14.0 Å². The van der Waals surface area contributed by atoms with Crippen LogP contribution in [0.5, 0.6) is 0 Å². The third-order valence-electron chi connectivity index (χ3n) is 2.97. The molecule has 0 saturated heterocycles. The summed E-state index contributed by atoms with van der Waals surface area (Å²) in [7, 11) is 0. The average Bonchev–Trinajstić information content (AvgIpc) is 2.98. The molecule has 2 rings (SSSR count). The van der Waals surface area contributed by atoms with Crippen LogP contribution in [0.1, 0.15) is 11.3 Å². The molecule has 0 saturated carbocycles. The number of nitrogens with one attached hydrogen (secondary N) is 1. The van der Waals surface area contributed by atoms with Crippen LogP contribution in [0.2, 0.25) is 0 Å². The van der Waals surface area contributed by atoms with E-state index in [1.807, 2.05) is 0 Å². The maximum atomic E-state index is 12.8. The first-order valence-corrected chi connectivity index (χ1v) is 7.93. The summed E-state index contributed by atoms with van der Waals surface area (Å²) >= 11 is 3.15. The Labute approximate surface area is 146 Å². The molecule has 1 N–H and O–H groups in total. The molecule has 1 heterocycles. The van der Waals surface area contributed by atoms with Crippen molar-refractivity contribution in [2.24, 2.45) is 0 Å². The van der Waals surface area contributed by atoms with Gasteiger partial charge in [0, 0.05) is 12.6 Å². The van der Waals surface area contributed by atoms with Crippen LogP contribution in [0.4, 0.5) is 4.39 Å². The summed E-state index contributed by atoms with van der Waals surface area (Å²) in [5.74, 6) is -0.858. The van der Waals surface area contributed by atoms with Crippen LogP contribution in [0, 0.1) is 5.82 Å². The van der Waals surface area contributed by atoms with Gasteiger partial charge in [-0.3, -0.25) is 4.79 Å². The number of furan rings is 1. The number of amides is 1. The minimum Gasteiger partial charge on any atom is -0.452 e. The maximum absolute atomic E-state index is 12.8. The fourth-order valence-electron chi connectivity index (χ4n) is 1.80. The SMILES string of the molecule is O=C(COC(=O)/C=C/c1ccc(Br)o1)NCCc1ccc(F)cc1. The van der Waals surface area contributed by atoms with Crippen molar-refractivity contribution in [3.8, 4) is 0 Å². The Morgan fingerprint density at radius 2 is 1.96 bits per heavy atom. The number of benzene rings is 1. The number of hydrogen-bond acceptors (Lipinski definition) is 4. The lowest BCUT2D eigenvalue weighted by Crippen LogP contribution is -2.30. The summed E-state index contributed by atoms with van der Waals surface area (Å²) in [6.07, 6.45) is 3.18. The molecule has 7 heteroatoms. The van der Waals surface area contributed by atoms with E-state index in [0.29, 0.717) is 23.4 Å². The summed E-state index contributed by atoms with van der Waals surface area (Å²) < 4.78 is 23.3. The molecular weight excluding hydrogens is 381 g/mol. The van der Waals surface area contributed by atoms with E-state index in [0.717, 1.165) is 5.56 Å². The zero-order chi connectivity index (χ0) is 17.4. The second-order valence-electron chi connectivity index (χ2n) is 4.81. The van der Waals surface area contributed by atoms with Crippen LogP contribution in [-0.2, 0) is 20.7 Å². The number of esters is 1. The van der Waals surface area contributed by atoms with E-state index in [1.54, 1.807) is 24.3 Å². The van der Waals surface area contributed by atoms with E-state index in [4.69, 9.17) is 9.15 Å². The molecule has 126 valence electrons. The monoisotopic (exact) mass is 395 g/mol. The molecule has 0 spiro atoms. The molecule has 0 atom stereocenters. The molecule has 0 aliphatic carbocycles. The molecule has 24 heavy (non-hydrogen) atoms. The minimum atomic E-state index is -0.642. The Kier molecular flexibility index (Phi) is 6.74. The van der Waals surface area contributed by atoms with Crippen LogP contribution >= 0.6 is 15.9 Å². The van der Waals surface area contributed by atoms with E-state index in [2.05, 4.69) is 21.2 Å². The van der Waals surface area contributed by atoms with Gasteiger partial charge in [-0.1, -0.05) is 12.1 Å². The topological polar surface area (TPSA) is 68.5 Å². The van der Waals surface area contributed by atoms with Crippen molar-refractivity contribution in [3.63, 3.8) is 0 Å². The fourth-order valence-corrected chi connectivity index (χ4v) is 2.12. The van der Waals surface area contributed by atoms with E-state index in [1.165, 1.54) is 24.3 Å². The van der Waals surface area contributed by atoms with Crippen LogP contribution in [0.3, 0.4) is 0 Å². The van der Waals surface area contributed by atoms with Gasteiger partial charge in [-0.25, -0.2) is 9.18 Å². The predicted octanol–water partition coefficient (Wildman–Crippen LogP) is 3.10. The highest BCUT2D eigenvalue weighted by molar-refractivity contribution is 9.10. The fraction of sp³-hybridized carbons (Fsp3) is 0.176. The molecule has 1 amide bonds. The number of rotatable bonds is 7. The van der Waals surface area contributed by atoms with Gasteiger partial charge in [-0.05, 0) is 58.3 Å².